The number of rotatable bonds is 2. The molecule has 0 saturated carbocycles. The molecule has 0 amide bonds. The predicted molar refractivity (Wildman–Crippen MR) is 56.7 cm³/mol. The molecule has 0 aliphatic heterocycles. The van der Waals surface area contributed by atoms with Crippen molar-refractivity contribution in [2.45, 2.75) is 12.8 Å². The lowest BCUT2D eigenvalue weighted by atomic mass is 10.2. The van der Waals surface area contributed by atoms with Gasteiger partial charge in [-0.3, -0.25) is 4.79 Å². The number of aromatic nitrogens is 3. The quantitative estimate of drug-likeness (QED) is 0.901. The van der Waals surface area contributed by atoms with Crippen LogP contribution in [0.5, 0.6) is 0 Å². The lowest BCUT2D eigenvalue weighted by molar-refractivity contribution is -0.138. The normalized spacial score (nSPS) is 12.9. The number of hydrogen-bond donors (Lipinski definition) is 1. The van der Waals surface area contributed by atoms with Crippen molar-refractivity contribution < 1.29 is 9.90 Å². The molecule has 78 valence electrons. The summed E-state index contributed by atoms with van der Waals surface area (Å²) in [4.78, 5) is 14.9. The third-order valence-corrected chi connectivity index (χ3v) is 2.57. The number of halogens is 1. The van der Waals surface area contributed by atoms with E-state index in [1.165, 1.54) is 0 Å². The summed E-state index contributed by atoms with van der Waals surface area (Å²) in [6, 6.07) is 3.60. The fraction of sp³-hybridized carbons (Fsp3) is 0.222. The van der Waals surface area contributed by atoms with Crippen molar-refractivity contribution in [3.8, 4) is 0 Å². The van der Waals surface area contributed by atoms with E-state index in [9.17, 15) is 4.79 Å². The Morgan fingerprint density at radius 3 is 3.07 bits per heavy atom. The number of pyridine rings is 1. The second-order valence-corrected chi connectivity index (χ2v) is 4.09. The summed E-state index contributed by atoms with van der Waals surface area (Å²) in [5.41, 5.74) is 0.632. The molecule has 15 heavy (non-hydrogen) atoms. The number of carboxylic acids is 1. The van der Waals surface area contributed by atoms with Gasteiger partial charge < -0.3 is 5.11 Å². The molecule has 0 saturated heterocycles. The molecule has 0 fully saturated rings. The Morgan fingerprint density at radius 1 is 1.67 bits per heavy atom. The number of carboxylic acid groups (broad SMARTS) is 1. The number of fused-ring (bicyclic) bond motifs is 1. The minimum atomic E-state index is -0.926. The van der Waals surface area contributed by atoms with E-state index in [0.29, 0.717) is 11.5 Å². The fourth-order valence-corrected chi connectivity index (χ4v) is 1.49. The van der Waals surface area contributed by atoms with Gasteiger partial charge in [-0.25, -0.2) is 9.50 Å². The maximum absolute atomic E-state index is 10.7. The van der Waals surface area contributed by atoms with Gasteiger partial charge in [0.1, 0.15) is 5.92 Å². The monoisotopic (exact) mass is 269 g/mol. The lowest BCUT2D eigenvalue weighted by Gasteiger charge is -1.97. The average molecular weight is 270 g/mol. The van der Waals surface area contributed by atoms with E-state index in [0.717, 1.165) is 4.47 Å². The Bertz CT molecular complexity index is 523. The van der Waals surface area contributed by atoms with Crippen LogP contribution >= 0.6 is 15.9 Å². The number of carbonyl (C=O) groups is 1. The molecule has 0 aromatic carbocycles. The molecule has 0 bridgehead atoms. The highest BCUT2D eigenvalue weighted by molar-refractivity contribution is 9.10. The molecule has 2 heterocycles. The summed E-state index contributed by atoms with van der Waals surface area (Å²) in [6.45, 7) is 1.56. The van der Waals surface area contributed by atoms with E-state index in [1.807, 2.05) is 6.07 Å². The molecule has 1 N–H and O–H groups in total. The van der Waals surface area contributed by atoms with Crippen molar-refractivity contribution >= 4 is 27.5 Å². The Hall–Kier alpha value is -1.43. The van der Waals surface area contributed by atoms with E-state index in [4.69, 9.17) is 5.11 Å². The SMILES string of the molecule is CC(C(=O)O)c1nc2cc(Br)ccn2n1. The average Bonchev–Trinajstić information content (AvgIpc) is 2.58. The zero-order chi connectivity index (χ0) is 11.0. The van der Waals surface area contributed by atoms with Crippen LogP contribution in [-0.2, 0) is 4.79 Å². The molecular weight excluding hydrogens is 262 g/mol. The third kappa shape index (κ3) is 1.85. The highest BCUT2D eigenvalue weighted by Gasteiger charge is 2.18. The molecule has 0 radical (unpaired) electrons. The topological polar surface area (TPSA) is 67.5 Å². The van der Waals surface area contributed by atoms with Gasteiger partial charge in [0.15, 0.2) is 11.5 Å². The molecule has 0 aliphatic carbocycles. The van der Waals surface area contributed by atoms with Crippen molar-refractivity contribution in [3.63, 3.8) is 0 Å². The largest absolute Gasteiger partial charge is 0.481 e. The van der Waals surface area contributed by atoms with Gasteiger partial charge in [0, 0.05) is 10.7 Å². The maximum atomic E-state index is 10.7. The molecule has 0 spiro atoms. The van der Waals surface area contributed by atoms with Crippen LogP contribution in [0.2, 0.25) is 0 Å². The van der Waals surface area contributed by atoms with Gasteiger partial charge in [-0.2, -0.15) is 5.10 Å². The molecule has 2 aromatic rings. The van der Waals surface area contributed by atoms with E-state index < -0.39 is 11.9 Å². The third-order valence-electron chi connectivity index (χ3n) is 2.07. The van der Waals surface area contributed by atoms with Crippen LogP contribution in [0.25, 0.3) is 5.65 Å². The molecular formula is C9H8BrN3O2. The summed E-state index contributed by atoms with van der Waals surface area (Å²) in [5, 5.41) is 12.9. The zero-order valence-electron chi connectivity index (χ0n) is 7.88. The van der Waals surface area contributed by atoms with E-state index >= 15 is 0 Å². The van der Waals surface area contributed by atoms with Gasteiger partial charge in [-0.15, -0.1) is 0 Å². The van der Waals surface area contributed by atoms with Gasteiger partial charge in [-0.05, 0) is 19.1 Å². The highest BCUT2D eigenvalue weighted by atomic mass is 79.9. The summed E-state index contributed by atoms with van der Waals surface area (Å²) < 4.78 is 2.44. The minimum Gasteiger partial charge on any atom is -0.481 e. The first-order valence-electron chi connectivity index (χ1n) is 4.32. The first kappa shape index (κ1) is 10.1. The van der Waals surface area contributed by atoms with Gasteiger partial charge in [0.2, 0.25) is 0 Å². The lowest BCUT2D eigenvalue weighted by Crippen LogP contribution is -2.09. The van der Waals surface area contributed by atoms with Crippen LogP contribution in [0, 0.1) is 0 Å². The van der Waals surface area contributed by atoms with Crippen molar-refractivity contribution in [2.24, 2.45) is 0 Å². The van der Waals surface area contributed by atoms with E-state index in [-0.39, 0.29) is 0 Å². The summed E-state index contributed by atoms with van der Waals surface area (Å²) in [7, 11) is 0. The van der Waals surface area contributed by atoms with Gasteiger partial charge >= 0.3 is 5.97 Å². The van der Waals surface area contributed by atoms with Crippen molar-refractivity contribution in [2.75, 3.05) is 0 Å². The second-order valence-electron chi connectivity index (χ2n) is 3.18. The van der Waals surface area contributed by atoms with Gasteiger partial charge in [0.25, 0.3) is 0 Å². The molecule has 1 atom stereocenters. The van der Waals surface area contributed by atoms with E-state index in [1.54, 1.807) is 23.7 Å². The number of aliphatic carboxylic acids is 1. The number of hydrogen-bond acceptors (Lipinski definition) is 3. The fourth-order valence-electron chi connectivity index (χ4n) is 1.17. The van der Waals surface area contributed by atoms with Crippen LogP contribution in [-0.4, -0.2) is 25.7 Å². The van der Waals surface area contributed by atoms with E-state index in [2.05, 4.69) is 26.0 Å². The summed E-state index contributed by atoms with van der Waals surface area (Å²) in [5.74, 6) is -1.30. The molecule has 6 heteroatoms. The van der Waals surface area contributed by atoms with Crippen LogP contribution in [0.3, 0.4) is 0 Å². The Labute approximate surface area is 93.9 Å². The van der Waals surface area contributed by atoms with Crippen LogP contribution in [0.1, 0.15) is 18.7 Å². The summed E-state index contributed by atoms with van der Waals surface area (Å²) >= 11 is 3.31. The standard InChI is InChI=1S/C9H8BrN3O2/c1-5(9(14)15)8-11-7-4-6(10)2-3-13(7)12-8/h2-5H,1H3,(H,14,15). The van der Waals surface area contributed by atoms with Crippen LogP contribution in [0.15, 0.2) is 22.8 Å². The first-order chi connectivity index (χ1) is 7.08. The van der Waals surface area contributed by atoms with Crippen molar-refractivity contribution in [1.82, 2.24) is 14.6 Å². The number of nitrogens with zero attached hydrogens (tertiary/aromatic N) is 3. The zero-order valence-corrected chi connectivity index (χ0v) is 9.47. The molecule has 2 rings (SSSR count). The van der Waals surface area contributed by atoms with Crippen molar-refractivity contribution in [1.29, 1.82) is 0 Å². The highest BCUT2D eigenvalue weighted by Crippen LogP contribution is 2.15. The van der Waals surface area contributed by atoms with Crippen LogP contribution in [0.4, 0.5) is 0 Å². The minimum absolute atomic E-state index is 0.320. The maximum Gasteiger partial charge on any atom is 0.314 e. The molecule has 5 nitrogen and oxygen atoms in total. The Balaban J connectivity index is 2.51. The Morgan fingerprint density at radius 2 is 2.40 bits per heavy atom. The summed E-state index contributed by atoms with van der Waals surface area (Å²) in [6.07, 6.45) is 1.73. The first-order valence-corrected chi connectivity index (χ1v) is 5.12. The smallest absolute Gasteiger partial charge is 0.314 e. The second kappa shape index (κ2) is 3.62. The van der Waals surface area contributed by atoms with Gasteiger partial charge in [0.05, 0.1) is 0 Å². The molecule has 1 unspecified atom stereocenters. The van der Waals surface area contributed by atoms with Gasteiger partial charge in [-0.1, -0.05) is 15.9 Å². The van der Waals surface area contributed by atoms with Crippen molar-refractivity contribution in [3.05, 3.63) is 28.6 Å². The predicted octanol–water partition coefficient (Wildman–Crippen LogP) is 1.68. The molecule has 0 aliphatic rings. The molecule has 2 aromatic heterocycles. The van der Waals surface area contributed by atoms with Crippen LogP contribution < -0.4 is 0 Å². The Kier molecular flexibility index (Phi) is 2.44.